The minimum Gasteiger partial charge on any atom is -0.748 e. The summed E-state index contributed by atoms with van der Waals surface area (Å²) in [5, 5.41) is 1.15. The van der Waals surface area contributed by atoms with Crippen LogP contribution in [0.25, 0.3) is 11.1 Å². The molecular formula is C16H14FFeP-6. The van der Waals surface area contributed by atoms with Crippen LogP contribution < -0.4 is 5.30 Å². The van der Waals surface area contributed by atoms with E-state index in [1.807, 2.05) is 48.5 Å². The van der Waals surface area contributed by atoms with Crippen molar-refractivity contribution in [1.82, 2.24) is 0 Å². The summed E-state index contributed by atoms with van der Waals surface area (Å²) in [6.45, 7) is 0. The third-order valence-corrected chi connectivity index (χ3v) is 3.06. The van der Waals surface area contributed by atoms with Gasteiger partial charge >= 0.3 is 0 Å². The molecule has 1 atom stereocenters. The Morgan fingerprint density at radius 3 is 1.84 bits per heavy atom. The second kappa shape index (κ2) is 8.07. The number of halogens is 1. The molecule has 3 aromatic rings. The van der Waals surface area contributed by atoms with Crippen LogP contribution >= 0.6 is 9.24 Å². The Hall–Kier alpha value is -1.20. The maximum absolute atomic E-state index is 12.6. The Kier molecular flexibility index (Phi) is 6.73. The Balaban J connectivity index is 0.000000256. The molecule has 0 aromatic heterocycles. The van der Waals surface area contributed by atoms with Crippen LogP contribution in [0, 0.1) is 5.82 Å². The predicted molar refractivity (Wildman–Crippen MR) is 78.8 cm³/mol. The molecule has 3 rings (SSSR count). The Labute approximate surface area is 126 Å². The molecule has 0 heterocycles. The first-order chi connectivity index (χ1) is 8.77. The summed E-state index contributed by atoms with van der Waals surface area (Å²) in [6.07, 6.45) is 0. The van der Waals surface area contributed by atoms with Gasteiger partial charge in [0.2, 0.25) is 0 Å². The molecule has 0 radical (unpaired) electrons. The molecule has 0 amide bonds. The second-order valence-corrected chi connectivity index (χ2v) is 4.49. The van der Waals surface area contributed by atoms with Crippen molar-refractivity contribution in [2.75, 3.05) is 0 Å². The molecule has 3 aromatic carbocycles. The van der Waals surface area contributed by atoms with Crippen LogP contribution in [0.4, 0.5) is 4.39 Å². The molecule has 19 heavy (non-hydrogen) atoms. The summed E-state index contributed by atoms with van der Waals surface area (Å²) >= 11 is 0. The van der Waals surface area contributed by atoms with Crippen LogP contribution in [0.3, 0.4) is 0 Å². The van der Waals surface area contributed by atoms with Gasteiger partial charge in [0.1, 0.15) is 5.82 Å². The Morgan fingerprint density at radius 1 is 0.895 bits per heavy atom. The van der Waals surface area contributed by atoms with Gasteiger partial charge in [0.15, 0.2) is 0 Å². The molecule has 0 fully saturated rings. The third kappa shape index (κ3) is 4.76. The molecule has 0 saturated heterocycles. The number of hydrogen-bond donors (Lipinski definition) is 0. The van der Waals surface area contributed by atoms with Crippen LogP contribution in [0.2, 0.25) is 0 Å². The number of benzene rings is 1. The van der Waals surface area contributed by atoms with Crippen LogP contribution in [-0.4, -0.2) is 0 Å². The summed E-state index contributed by atoms with van der Waals surface area (Å²) in [5.74, 6) is -0.194. The molecule has 0 saturated carbocycles. The fourth-order valence-corrected chi connectivity index (χ4v) is 2.02. The molecule has 0 aliphatic carbocycles. The van der Waals surface area contributed by atoms with Gasteiger partial charge in [-0.2, -0.15) is 6.07 Å². The van der Waals surface area contributed by atoms with E-state index in [-0.39, 0.29) is 22.9 Å². The zero-order chi connectivity index (χ0) is 12.8. The first-order valence-electron chi connectivity index (χ1n) is 5.71. The maximum atomic E-state index is 12.6. The molecule has 0 aliphatic heterocycles. The summed E-state index contributed by atoms with van der Waals surface area (Å²) in [7, 11) is 2.66. The van der Waals surface area contributed by atoms with E-state index in [1.165, 1.54) is 12.1 Å². The van der Waals surface area contributed by atoms with Crippen molar-refractivity contribution < 1.29 is 21.5 Å². The van der Waals surface area contributed by atoms with Gasteiger partial charge in [-0.15, -0.1) is 39.1 Å². The molecule has 0 nitrogen and oxygen atoms in total. The SMILES string of the molecule is Fc1ccc(-[c-]2cccc2P)cc1.[Fe].[cH-]1[cH-][cH-][cH-][cH-]1. The van der Waals surface area contributed by atoms with E-state index in [0.29, 0.717) is 0 Å². The fraction of sp³-hybridized carbons (Fsp3) is 0. The molecule has 0 bridgehead atoms. The zero-order valence-electron chi connectivity index (χ0n) is 10.2. The molecule has 0 aliphatic rings. The zero-order valence-corrected chi connectivity index (χ0v) is 12.5. The first kappa shape index (κ1) is 15.9. The summed E-state index contributed by atoms with van der Waals surface area (Å²) < 4.78 is 12.6. The van der Waals surface area contributed by atoms with Gasteiger partial charge in [-0.05, 0) is 0 Å². The van der Waals surface area contributed by atoms with Crippen LogP contribution in [0.5, 0.6) is 0 Å². The Bertz CT molecular complexity index is 550. The molecule has 1 unspecified atom stereocenters. The molecule has 104 valence electrons. The topological polar surface area (TPSA) is 0 Å². The predicted octanol–water partition coefficient (Wildman–Crippen LogP) is 4.12. The molecule has 0 N–H and O–H groups in total. The van der Waals surface area contributed by atoms with Crippen LogP contribution in [-0.2, 0) is 17.1 Å². The van der Waals surface area contributed by atoms with E-state index in [4.69, 9.17) is 0 Å². The van der Waals surface area contributed by atoms with E-state index in [9.17, 15) is 4.39 Å². The third-order valence-electron chi connectivity index (χ3n) is 2.56. The van der Waals surface area contributed by atoms with Gasteiger partial charge in [-0.25, -0.2) is 4.39 Å². The largest absolute Gasteiger partial charge is 0.748 e. The van der Waals surface area contributed by atoms with Crippen molar-refractivity contribution in [2.24, 2.45) is 0 Å². The average molecular weight is 312 g/mol. The van der Waals surface area contributed by atoms with Gasteiger partial charge in [-0.3, -0.25) is 0 Å². The monoisotopic (exact) mass is 312 g/mol. The Morgan fingerprint density at radius 2 is 1.42 bits per heavy atom. The maximum Gasteiger partial charge on any atom is 0.108 e. The van der Waals surface area contributed by atoms with Crippen LogP contribution in [0.1, 0.15) is 0 Å². The fourth-order valence-electron chi connectivity index (χ4n) is 1.65. The van der Waals surface area contributed by atoms with Crippen molar-refractivity contribution in [3.63, 3.8) is 0 Å². The number of hydrogen-bond acceptors (Lipinski definition) is 0. The molecule has 3 heteroatoms. The van der Waals surface area contributed by atoms with Crippen molar-refractivity contribution in [3.05, 3.63) is 78.6 Å². The summed E-state index contributed by atoms with van der Waals surface area (Å²) in [4.78, 5) is 0. The molecular weight excluding hydrogens is 298 g/mol. The second-order valence-electron chi connectivity index (χ2n) is 3.86. The van der Waals surface area contributed by atoms with Gasteiger partial charge in [0.25, 0.3) is 0 Å². The van der Waals surface area contributed by atoms with E-state index in [2.05, 4.69) is 9.24 Å². The smallest absolute Gasteiger partial charge is 0.108 e. The van der Waals surface area contributed by atoms with Crippen molar-refractivity contribution >= 4 is 14.5 Å². The van der Waals surface area contributed by atoms with E-state index >= 15 is 0 Å². The minimum atomic E-state index is -0.194. The summed E-state index contributed by atoms with van der Waals surface area (Å²) in [6, 6.07) is 22.6. The standard InChI is InChI=1S/C11H9FP.C5H5.Fe/c12-9-6-4-8(5-7-9)10-2-1-3-11(10)13;1-2-4-5-3-1;/h1-7H,13H2;1-5H;/q-1;-5;. The van der Waals surface area contributed by atoms with Crippen molar-refractivity contribution in [3.8, 4) is 11.1 Å². The van der Waals surface area contributed by atoms with E-state index in [0.717, 1.165) is 16.4 Å². The van der Waals surface area contributed by atoms with E-state index in [1.54, 1.807) is 12.1 Å². The molecule has 0 spiro atoms. The van der Waals surface area contributed by atoms with E-state index < -0.39 is 0 Å². The quantitative estimate of drug-likeness (QED) is 0.360. The van der Waals surface area contributed by atoms with Crippen LogP contribution in [0.15, 0.2) is 72.8 Å². The first-order valence-corrected chi connectivity index (χ1v) is 6.29. The minimum absolute atomic E-state index is 0. The van der Waals surface area contributed by atoms with Gasteiger partial charge < -0.3 is 30.3 Å². The van der Waals surface area contributed by atoms with Gasteiger partial charge in [0.05, 0.1) is 0 Å². The van der Waals surface area contributed by atoms with Gasteiger partial charge in [-0.1, -0.05) is 23.0 Å². The average Bonchev–Trinajstić information content (AvgIpc) is 3.04. The summed E-state index contributed by atoms with van der Waals surface area (Å²) in [5.41, 5.74) is 2.20. The number of rotatable bonds is 1. The van der Waals surface area contributed by atoms with Crippen molar-refractivity contribution in [2.45, 2.75) is 0 Å². The normalized spacial score (nSPS) is 9.16. The van der Waals surface area contributed by atoms with Crippen molar-refractivity contribution in [1.29, 1.82) is 0 Å². The van der Waals surface area contributed by atoms with Gasteiger partial charge in [0, 0.05) is 17.1 Å².